The topological polar surface area (TPSA) is 67.1 Å². The molecule has 0 saturated carbocycles. The number of methoxy groups -OCH3 is 1. The number of hydrogen-bond acceptors (Lipinski definition) is 5. The molecule has 1 aromatic heterocycles. The molecule has 0 amide bonds. The maximum Gasteiger partial charge on any atom is 0.162 e. The molecule has 0 saturated heterocycles. The monoisotopic (exact) mass is 456 g/mol. The Labute approximate surface area is 198 Å². The summed E-state index contributed by atoms with van der Waals surface area (Å²) in [6, 6.07) is 20.0. The lowest BCUT2D eigenvalue weighted by Gasteiger charge is -2.41. The SMILES string of the molecule is COc1cc2c(cc1OCc1ccccc1)C1Cc3c(n(CO)c4ccc(O)cc34)CN1CC2. The van der Waals surface area contributed by atoms with E-state index in [4.69, 9.17) is 9.47 Å². The molecule has 4 aromatic rings. The zero-order valence-corrected chi connectivity index (χ0v) is 19.2. The van der Waals surface area contributed by atoms with Crippen molar-refractivity contribution in [1.29, 1.82) is 0 Å². The van der Waals surface area contributed by atoms with Crippen LogP contribution in [-0.2, 0) is 32.7 Å². The van der Waals surface area contributed by atoms with Gasteiger partial charge in [-0.05, 0) is 65.4 Å². The van der Waals surface area contributed by atoms with E-state index in [1.54, 1.807) is 13.2 Å². The standard InChI is InChI=1S/C28H28N2O4/c1-33-27-11-19-9-10-29-15-26-23(22-12-20(32)7-8-24(22)30(26)17-31)13-25(29)21(19)14-28(27)34-16-18-5-3-2-4-6-18/h2-8,11-12,14,25,31-32H,9-10,13,15-17H2,1H3. The average Bonchev–Trinajstić information content (AvgIpc) is 3.17. The van der Waals surface area contributed by atoms with E-state index in [2.05, 4.69) is 29.2 Å². The zero-order chi connectivity index (χ0) is 23.2. The first-order chi connectivity index (χ1) is 16.7. The number of phenolic OH excluding ortho intramolecular Hbond substituents is 1. The number of nitrogens with zero attached hydrogens (tertiary/aromatic N) is 2. The van der Waals surface area contributed by atoms with E-state index in [1.807, 2.05) is 34.9 Å². The van der Waals surface area contributed by atoms with E-state index in [1.165, 1.54) is 16.7 Å². The van der Waals surface area contributed by atoms with E-state index >= 15 is 0 Å². The largest absolute Gasteiger partial charge is 0.508 e. The number of rotatable bonds is 5. The average molecular weight is 457 g/mol. The van der Waals surface area contributed by atoms with Crippen molar-refractivity contribution in [1.82, 2.24) is 9.47 Å². The van der Waals surface area contributed by atoms with E-state index in [-0.39, 0.29) is 18.5 Å². The minimum atomic E-state index is -0.0691. The van der Waals surface area contributed by atoms with Crippen LogP contribution in [-0.4, -0.2) is 33.3 Å². The number of benzene rings is 3. The summed E-state index contributed by atoms with van der Waals surface area (Å²) in [5, 5.41) is 21.3. The second-order valence-electron chi connectivity index (χ2n) is 9.11. The first-order valence-electron chi connectivity index (χ1n) is 11.7. The van der Waals surface area contributed by atoms with E-state index in [9.17, 15) is 10.2 Å². The summed E-state index contributed by atoms with van der Waals surface area (Å²) >= 11 is 0. The summed E-state index contributed by atoms with van der Waals surface area (Å²) in [4.78, 5) is 2.49. The minimum Gasteiger partial charge on any atom is -0.508 e. The number of hydrogen-bond donors (Lipinski definition) is 2. The predicted octanol–water partition coefficient (Wildman–Crippen LogP) is 4.54. The van der Waals surface area contributed by atoms with Gasteiger partial charge in [-0.25, -0.2) is 0 Å². The Hall–Kier alpha value is -3.48. The van der Waals surface area contributed by atoms with Crippen LogP contribution in [0.15, 0.2) is 60.7 Å². The van der Waals surface area contributed by atoms with Crippen LogP contribution in [0.2, 0.25) is 0 Å². The summed E-state index contributed by atoms with van der Waals surface area (Å²) in [5.74, 6) is 1.77. The van der Waals surface area contributed by atoms with Gasteiger partial charge >= 0.3 is 0 Å². The molecule has 2 aliphatic rings. The molecule has 2 N–H and O–H groups in total. The molecule has 174 valence electrons. The molecular formula is C28H28N2O4. The van der Waals surface area contributed by atoms with Crippen molar-refractivity contribution in [2.45, 2.75) is 38.8 Å². The lowest BCUT2D eigenvalue weighted by atomic mass is 9.85. The fraction of sp³-hybridized carbons (Fsp3) is 0.286. The van der Waals surface area contributed by atoms with E-state index in [0.29, 0.717) is 6.61 Å². The van der Waals surface area contributed by atoms with Crippen molar-refractivity contribution < 1.29 is 19.7 Å². The van der Waals surface area contributed by atoms with Crippen LogP contribution in [0.4, 0.5) is 0 Å². The molecule has 6 heteroatoms. The molecule has 0 radical (unpaired) electrons. The summed E-state index contributed by atoms with van der Waals surface area (Å²) in [5.41, 5.74) is 6.98. The molecule has 0 spiro atoms. The molecule has 3 aromatic carbocycles. The molecule has 6 rings (SSSR count). The molecule has 1 atom stereocenters. The second-order valence-corrected chi connectivity index (χ2v) is 9.11. The normalized spacial score (nSPS) is 17.2. The van der Waals surface area contributed by atoms with Crippen LogP contribution in [0, 0.1) is 0 Å². The van der Waals surface area contributed by atoms with Gasteiger partial charge in [0.2, 0.25) is 0 Å². The highest BCUT2D eigenvalue weighted by Gasteiger charge is 2.36. The van der Waals surface area contributed by atoms with Gasteiger partial charge in [-0.15, -0.1) is 0 Å². The Bertz CT molecular complexity index is 1360. The van der Waals surface area contributed by atoms with Crippen molar-refractivity contribution in [2.75, 3.05) is 13.7 Å². The maximum atomic E-state index is 10.1. The third-order valence-electron chi connectivity index (χ3n) is 7.29. The van der Waals surface area contributed by atoms with Crippen LogP contribution < -0.4 is 9.47 Å². The quantitative estimate of drug-likeness (QED) is 0.462. The van der Waals surface area contributed by atoms with Crippen LogP contribution in [0.25, 0.3) is 10.9 Å². The number of ether oxygens (including phenoxy) is 2. The van der Waals surface area contributed by atoms with Gasteiger partial charge < -0.3 is 24.3 Å². The lowest BCUT2D eigenvalue weighted by molar-refractivity contribution is 0.145. The number of aromatic nitrogens is 1. The number of phenols is 1. The summed E-state index contributed by atoms with van der Waals surface area (Å²) < 4.78 is 13.9. The molecule has 6 nitrogen and oxygen atoms in total. The number of aliphatic hydroxyl groups excluding tert-OH is 1. The molecule has 3 heterocycles. The zero-order valence-electron chi connectivity index (χ0n) is 19.2. The van der Waals surface area contributed by atoms with Gasteiger partial charge in [-0.2, -0.15) is 0 Å². The van der Waals surface area contributed by atoms with Crippen LogP contribution in [0.5, 0.6) is 17.2 Å². The highest BCUT2D eigenvalue weighted by molar-refractivity contribution is 5.87. The number of aliphatic hydroxyl groups is 1. The fourth-order valence-electron chi connectivity index (χ4n) is 5.62. The smallest absolute Gasteiger partial charge is 0.162 e. The molecule has 34 heavy (non-hydrogen) atoms. The van der Waals surface area contributed by atoms with Crippen LogP contribution in [0.3, 0.4) is 0 Å². The highest BCUT2D eigenvalue weighted by atomic mass is 16.5. The Balaban J connectivity index is 1.39. The van der Waals surface area contributed by atoms with Crippen molar-refractivity contribution in [3.8, 4) is 17.2 Å². The fourth-order valence-corrected chi connectivity index (χ4v) is 5.62. The van der Waals surface area contributed by atoms with Gasteiger partial charge in [0, 0.05) is 30.2 Å². The van der Waals surface area contributed by atoms with Gasteiger partial charge in [-0.3, -0.25) is 4.90 Å². The molecule has 0 fully saturated rings. The summed E-state index contributed by atoms with van der Waals surface area (Å²) in [7, 11) is 1.69. The summed E-state index contributed by atoms with van der Waals surface area (Å²) in [6.07, 6.45) is 1.76. The van der Waals surface area contributed by atoms with Crippen LogP contribution in [0.1, 0.15) is 34.0 Å². The van der Waals surface area contributed by atoms with Gasteiger partial charge in [0.15, 0.2) is 11.5 Å². The van der Waals surface area contributed by atoms with E-state index < -0.39 is 0 Å². The van der Waals surface area contributed by atoms with Gasteiger partial charge in [0.1, 0.15) is 19.1 Å². The van der Waals surface area contributed by atoms with Crippen molar-refractivity contribution in [3.05, 3.63) is 88.6 Å². The minimum absolute atomic E-state index is 0.0691. The van der Waals surface area contributed by atoms with Gasteiger partial charge in [0.25, 0.3) is 0 Å². The van der Waals surface area contributed by atoms with Crippen molar-refractivity contribution in [2.24, 2.45) is 0 Å². The van der Waals surface area contributed by atoms with Gasteiger partial charge in [-0.1, -0.05) is 30.3 Å². The molecule has 0 bridgehead atoms. The third-order valence-corrected chi connectivity index (χ3v) is 7.29. The number of fused-ring (bicyclic) bond motifs is 6. The first-order valence-corrected chi connectivity index (χ1v) is 11.7. The Morgan fingerprint density at radius 1 is 1.03 bits per heavy atom. The Kier molecular flexibility index (Phi) is 5.20. The highest BCUT2D eigenvalue weighted by Crippen LogP contribution is 2.45. The first kappa shape index (κ1) is 21.1. The molecule has 1 unspecified atom stereocenters. The maximum absolute atomic E-state index is 10.1. The Morgan fingerprint density at radius 2 is 1.88 bits per heavy atom. The Morgan fingerprint density at radius 3 is 2.68 bits per heavy atom. The van der Waals surface area contributed by atoms with E-state index in [0.717, 1.165) is 59.6 Å². The third kappa shape index (κ3) is 3.42. The van der Waals surface area contributed by atoms with Gasteiger partial charge in [0.05, 0.1) is 12.6 Å². The lowest BCUT2D eigenvalue weighted by Crippen LogP contribution is -2.39. The summed E-state index contributed by atoms with van der Waals surface area (Å²) in [6.45, 7) is 2.13. The molecular weight excluding hydrogens is 428 g/mol. The van der Waals surface area contributed by atoms with Crippen molar-refractivity contribution >= 4 is 10.9 Å². The second kappa shape index (κ2) is 8.38. The predicted molar refractivity (Wildman–Crippen MR) is 130 cm³/mol. The van der Waals surface area contributed by atoms with Crippen LogP contribution >= 0.6 is 0 Å². The van der Waals surface area contributed by atoms with Crippen molar-refractivity contribution in [3.63, 3.8) is 0 Å². The molecule has 0 aliphatic carbocycles. The number of aromatic hydroxyl groups is 1. The molecule has 2 aliphatic heterocycles.